The van der Waals surface area contributed by atoms with Crippen LogP contribution in [0.1, 0.15) is 30.4 Å². The van der Waals surface area contributed by atoms with Gasteiger partial charge in [-0.25, -0.2) is 0 Å². The molecule has 2 aromatic carbocycles. The summed E-state index contributed by atoms with van der Waals surface area (Å²) < 4.78 is 0. The smallest absolute Gasteiger partial charge is 0.108 e. The molecule has 2 aromatic rings. The molecule has 4 nitrogen and oxygen atoms in total. The first-order valence-electron chi connectivity index (χ1n) is 9.73. The van der Waals surface area contributed by atoms with Crippen LogP contribution < -0.4 is 0 Å². The molecule has 1 aliphatic heterocycles. The van der Waals surface area contributed by atoms with Gasteiger partial charge in [-0.3, -0.25) is 0 Å². The largest absolute Gasteiger partial charge is 0.394 e. The summed E-state index contributed by atoms with van der Waals surface area (Å²) in [5.41, 5.74) is 1.40. The quantitative estimate of drug-likeness (QED) is 0.793. The van der Waals surface area contributed by atoms with Crippen molar-refractivity contribution < 1.29 is 10.2 Å². The predicted molar refractivity (Wildman–Crippen MR) is 106 cm³/mol. The van der Waals surface area contributed by atoms with Crippen molar-refractivity contribution in [3.63, 3.8) is 0 Å². The molecular weight excluding hydrogens is 336 g/mol. The Morgan fingerprint density at radius 2 is 1.52 bits per heavy atom. The first kappa shape index (κ1) is 19.6. The third-order valence-electron chi connectivity index (χ3n) is 5.89. The summed E-state index contributed by atoms with van der Waals surface area (Å²) in [5.74, 6) is 0.176. The molecule has 0 amide bonds. The van der Waals surface area contributed by atoms with Crippen LogP contribution in [0.5, 0.6) is 0 Å². The van der Waals surface area contributed by atoms with Crippen LogP contribution >= 0.6 is 0 Å². The molecule has 1 aliphatic rings. The van der Waals surface area contributed by atoms with Crippen LogP contribution in [0, 0.1) is 17.2 Å². The van der Waals surface area contributed by atoms with Crippen molar-refractivity contribution in [2.45, 2.75) is 30.8 Å². The van der Waals surface area contributed by atoms with E-state index in [0.29, 0.717) is 0 Å². The standard InChI is InChI=1S/C23H28N2O2/c24-18-23(20-7-3-1-4-8-20,21-9-5-2-6-10-21)13-16-25-14-11-19(12-15-25)22(27)17-26/h1-10,19,22,26-27H,11-17H2. The first-order valence-corrected chi connectivity index (χ1v) is 9.73. The molecule has 0 radical (unpaired) electrons. The summed E-state index contributed by atoms with van der Waals surface area (Å²) in [6.07, 6.45) is 1.89. The minimum atomic E-state index is -0.663. The summed E-state index contributed by atoms with van der Waals surface area (Å²) in [7, 11) is 0. The number of nitrogens with zero attached hydrogens (tertiary/aromatic N) is 2. The first-order chi connectivity index (χ1) is 13.2. The third-order valence-corrected chi connectivity index (χ3v) is 5.89. The van der Waals surface area contributed by atoms with Crippen LogP contribution in [-0.2, 0) is 5.41 Å². The van der Waals surface area contributed by atoms with Crippen molar-refractivity contribution in [2.75, 3.05) is 26.2 Å². The number of aliphatic hydroxyl groups excluding tert-OH is 2. The topological polar surface area (TPSA) is 67.5 Å². The van der Waals surface area contributed by atoms with Gasteiger partial charge in [-0.1, -0.05) is 60.7 Å². The Labute approximate surface area is 161 Å². The van der Waals surface area contributed by atoms with Gasteiger partial charge < -0.3 is 15.1 Å². The van der Waals surface area contributed by atoms with Gasteiger partial charge in [0.15, 0.2) is 0 Å². The summed E-state index contributed by atoms with van der Waals surface area (Å²) in [5, 5.41) is 29.2. The van der Waals surface area contributed by atoms with Gasteiger partial charge in [0.05, 0.1) is 18.8 Å². The summed E-state index contributed by atoms with van der Waals surface area (Å²) in [6.45, 7) is 2.46. The number of aliphatic hydroxyl groups is 2. The highest BCUT2D eigenvalue weighted by atomic mass is 16.3. The number of benzene rings is 2. The van der Waals surface area contributed by atoms with E-state index in [1.54, 1.807) is 0 Å². The Balaban J connectivity index is 1.75. The Morgan fingerprint density at radius 1 is 1.00 bits per heavy atom. The molecule has 1 saturated heterocycles. The van der Waals surface area contributed by atoms with Gasteiger partial charge in [0.2, 0.25) is 0 Å². The number of piperidine rings is 1. The van der Waals surface area contributed by atoms with E-state index in [2.05, 4.69) is 11.0 Å². The van der Waals surface area contributed by atoms with Crippen LogP contribution in [0.4, 0.5) is 0 Å². The Bertz CT molecular complexity index is 694. The molecule has 0 saturated carbocycles. The molecule has 1 atom stereocenters. The lowest BCUT2D eigenvalue weighted by atomic mass is 9.73. The molecule has 1 unspecified atom stereocenters. The second-order valence-corrected chi connectivity index (χ2v) is 7.43. The fourth-order valence-corrected chi connectivity index (χ4v) is 4.12. The fourth-order valence-electron chi connectivity index (χ4n) is 4.12. The normalized spacial score (nSPS) is 17.4. The summed E-state index contributed by atoms with van der Waals surface area (Å²) in [4.78, 5) is 2.37. The molecule has 27 heavy (non-hydrogen) atoms. The van der Waals surface area contributed by atoms with E-state index in [9.17, 15) is 10.4 Å². The van der Waals surface area contributed by atoms with Gasteiger partial charge in [-0.2, -0.15) is 5.26 Å². The molecule has 0 aliphatic carbocycles. The number of rotatable bonds is 7. The third kappa shape index (κ3) is 4.39. The fraction of sp³-hybridized carbons (Fsp3) is 0.435. The lowest BCUT2D eigenvalue weighted by molar-refractivity contribution is 0.0179. The zero-order valence-corrected chi connectivity index (χ0v) is 15.7. The minimum Gasteiger partial charge on any atom is -0.394 e. The van der Waals surface area contributed by atoms with E-state index in [4.69, 9.17) is 5.11 Å². The Hall–Kier alpha value is -2.19. The second-order valence-electron chi connectivity index (χ2n) is 7.43. The Kier molecular flexibility index (Phi) is 6.63. The summed E-state index contributed by atoms with van der Waals surface area (Å²) >= 11 is 0. The second kappa shape index (κ2) is 9.14. The Morgan fingerprint density at radius 3 is 1.96 bits per heavy atom. The highest BCUT2D eigenvalue weighted by Gasteiger charge is 2.35. The van der Waals surface area contributed by atoms with Crippen molar-refractivity contribution in [3.8, 4) is 6.07 Å². The van der Waals surface area contributed by atoms with Gasteiger partial charge in [-0.15, -0.1) is 0 Å². The number of hydrogen-bond acceptors (Lipinski definition) is 4. The molecule has 2 N–H and O–H groups in total. The van der Waals surface area contributed by atoms with E-state index in [0.717, 1.165) is 50.0 Å². The maximum Gasteiger partial charge on any atom is 0.108 e. The van der Waals surface area contributed by atoms with Crippen LogP contribution in [0.25, 0.3) is 0 Å². The van der Waals surface area contributed by atoms with Crippen molar-refractivity contribution in [1.82, 2.24) is 4.90 Å². The maximum atomic E-state index is 10.2. The van der Waals surface area contributed by atoms with Crippen LogP contribution in [0.15, 0.2) is 60.7 Å². The molecule has 0 bridgehead atoms. The van der Waals surface area contributed by atoms with Crippen molar-refractivity contribution in [1.29, 1.82) is 5.26 Å². The van der Waals surface area contributed by atoms with Gasteiger partial charge >= 0.3 is 0 Å². The lowest BCUT2D eigenvalue weighted by Crippen LogP contribution is -2.41. The number of hydrogen-bond donors (Lipinski definition) is 2. The lowest BCUT2D eigenvalue weighted by Gasteiger charge is -2.36. The van der Waals surface area contributed by atoms with Crippen molar-refractivity contribution in [2.24, 2.45) is 5.92 Å². The molecule has 1 heterocycles. The van der Waals surface area contributed by atoms with Crippen molar-refractivity contribution in [3.05, 3.63) is 71.8 Å². The SMILES string of the molecule is N#CC(CCN1CCC(C(O)CO)CC1)(c1ccccc1)c1ccccc1. The average molecular weight is 364 g/mol. The molecular formula is C23H28N2O2. The van der Waals surface area contributed by atoms with Crippen LogP contribution in [0.2, 0.25) is 0 Å². The number of nitriles is 1. The van der Waals surface area contributed by atoms with E-state index >= 15 is 0 Å². The van der Waals surface area contributed by atoms with Crippen LogP contribution in [-0.4, -0.2) is 47.5 Å². The highest BCUT2D eigenvalue weighted by molar-refractivity contribution is 5.45. The maximum absolute atomic E-state index is 10.2. The van der Waals surface area contributed by atoms with E-state index in [1.807, 2.05) is 60.7 Å². The molecule has 0 spiro atoms. The molecule has 4 heteroatoms. The zero-order chi connectivity index (χ0) is 19.1. The average Bonchev–Trinajstić information content (AvgIpc) is 2.76. The predicted octanol–water partition coefficient (Wildman–Crippen LogP) is 2.95. The highest BCUT2D eigenvalue weighted by Crippen LogP contribution is 2.36. The van der Waals surface area contributed by atoms with E-state index in [1.165, 1.54) is 0 Å². The van der Waals surface area contributed by atoms with E-state index < -0.39 is 11.5 Å². The van der Waals surface area contributed by atoms with Crippen molar-refractivity contribution >= 4 is 0 Å². The molecule has 1 fully saturated rings. The zero-order valence-electron chi connectivity index (χ0n) is 15.7. The minimum absolute atomic E-state index is 0.162. The van der Waals surface area contributed by atoms with Gasteiger partial charge in [-0.05, 0) is 49.4 Å². The van der Waals surface area contributed by atoms with Crippen LogP contribution in [0.3, 0.4) is 0 Å². The summed E-state index contributed by atoms with van der Waals surface area (Å²) in [6, 6.07) is 22.7. The monoisotopic (exact) mass is 364 g/mol. The number of likely N-dealkylation sites (tertiary alicyclic amines) is 1. The molecule has 0 aromatic heterocycles. The van der Waals surface area contributed by atoms with Gasteiger partial charge in [0.25, 0.3) is 0 Å². The van der Waals surface area contributed by atoms with Gasteiger partial charge in [0, 0.05) is 6.54 Å². The molecule has 3 rings (SSSR count). The van der Waals surface area contributed by atoms with Gasteiger partial charge in [0.1, 0.15) is 5.41 Å². The molecule has 142 valence electrons. The van der Waals surface area contributed by atoms with E-state index in [-0.39, 0.29) is 12.5 Å².